The topological polar surface area (TPSA) is 58.0 Å². The molecule has 1 saturated heterocycles. The van der Waals surface area contributed by atoms with E-state index in [1.165, 1.54) is 5.56 Å². The molecule has 7 nitrogen and oxygen atoms in total. The first-order chi connectivity index (χ1) is 17.4. The van der Waals surface area contributed by atoms with Crippen LogP contribution < -0.4 is 14.2 Å². The molecule has 1 fully saturated rings. The summed E-state index contributed by atoms with van der Waals surface area (Å²) in [4.78, 5) is 6.67. The number of likely N-dealkylation sites (tertiary alicyclic amines) is 1. The quantitative estimate of drug-likeness (QED) is 0.317. The van der Waals surface area contributed by atoms with E-state index in [4.69, 9.17) is 42.1 Å². The van der Waals surface area contributed by atoms with Gasteiger partial charge in [-0.25, -0.2) is 4.98 Å². The molecule has 1 aromatic heterocycles. The van der Waals surface area contributed by atoms with Gasteiger partial charge in [0.2, 0.25) is 0 Å². The molecule has 0 radical (unpaired) electrons. The van der Waals surface area contributed by atoms with Crippen LogP contribution in [0.5, 0.6) is 17.2 Å². The van der Waals surface area contributed by atoms with Gasteiger partial charge in [-0.1, -0.05) is 29.3 Å². The Morgan fingerprint density at radius 3 is 2.44 bits per heavy atom. The molecule has 9 heteroatoms. The summed E-state index contributed by atoms with van der Waals surface area (Å²) in [6, 6.07) is 11.5. The number of halogens is 2. The van der Waals surface area contributed by atoms with Crippen LogP contribution in [0, 0.1) is 6.92 Å². The second-order valence-electron chi connectivity index (χ2n) is 9.03. The number of ether oxygens (including phenoxy) is 4. The second kappa shape index (κ2) is 12.2. The molecule has 2 aromatic carbocycles. The fourth-order valence-corrected chi connectivity index (χ4v) is 4.68. The zero-order valence-corrected chi connectivity index (χ0v) is 22.5. The molecule has 1 aliphatic rings. The van der Waals surface area contributed by atoms with E-state index < -0.39 is 0 Å². The zero-order chi connectivity index (χ0) is 25.5. The van der Waals surface area contributed by atoms with Gasteiger partial charge in [0, 0.05) is 45.2 Å². The SMILES string of the molecule is COc1cc(CN2CCC(COc3ccc(Cl)c(Cl)c3)(OC)CC2)ccc1OCCn1ccnc1C. The summed E-state index contributed by atoms with van der Waals surface area (Å²) in [5.41, 5.74) is 0.854. The average Bonchev–Trinajstić information content (AvgIpc) is 3.31. The third kappa shape index (κ3) is 6.65. The number of piperidine rings is 1. The highest BCUT2D eigenvalue weighted by Gasteiger charge is 2.35. The summed E-state index contributed by atoms with van der Waals surface area (Å²) in [6.07, 6.45) is 5.49. The maximum atomic E-state index is 6.11. The number of rotatable bonds is 11. The van der Waals surface area contributed by atoms with Crippen molar-refractivity contribution in [3.63, 3.8) is 0 Å². The Bertz CT molecular complexity index is 1150. The molecule has 0 spiro atoms. The van der Waals surface area contributed by atoms with Crippen LogP contribution in [0.15, 0.2) is 48.8 Å². The normalized spacial score (nSPS) is 15.6. The number of methoxy groups -OCH3 is 2. The number of aryl methyl sites for hydroxylation is 1. The molecular weight excluding hydrogens is 501 g/mol. The highest BCUT2D eigenvalue weighted by molar-refractivity contribution is 6.42. The van der Waals surface area contributed by atoms with E-state index in [2.05, 4.69) is 26.6 Å². The predicted octanol–water partition coefficient (Wildman–Crippen LogP) is 5.65. The van der Waals surface area contributed by atoms with Crippen molar-refractivity contribution < 1.29 is 18.9 Å². The molecule has 0 atom stereocenters. The van der Waals surface area contributed by atoms with E-state index in [0.29, 0.717) is 29.0 Å². The van der Waals surface area contributed by atoms with Crippen LogP contribution in [0.4, 0.5) is 0 Å². The first-order valence-corrected chi connectivity index (χ1v) is 12.8. The lowest BCUT2D eigenvalue weighted by Gasteiger charge is -2.40. The van der Waals surface area contributed by atoms with E-state index in [1.807, 2.05) is 25.3 Å². The van der Waals surface area contributed by atoms with E-state index in [-0.39, 0.29) is 5.60 Å². The summed E-state index contributed by atoms with van der Waals surface area (Å²) in [6.45, 7) is 6.37. The van der Waals surface area contributed by atoms with Gasteiger partial charge in [0.05, 0.1) is 23.7 Å². The van der Waals surface area contributed by atoms with Crippen molar-refractivity contribution in [2.24, 2.45) is 0 Å². The van der Waals surface area contributed by atoms with Crippen LogP contribution in [-0.2, 0) is 17.8 Å². The summed E-state index contributed by atoms with van der Waals surface area (Å²) < 4.78 is 25.6. The van der Waals surface area contributed by atoms with Gasteiger partial charge < -0.3 is 23.5 Å². The van der Waals surface area contributed by atoms with Crippen molar-refractivity contribution in [3.8, 4) is 17.2 Å². The first kappa shape index (κ1) is 26.6. The molecule has 0 bridgehead atoms. The van der Waals surface area contributed by atoms with Gasteiger partial charge in [-0.2, -0.15) is 0 Å². The van der Waals surface area contributed by atoms with Crippen LogP contribution in [0.3, 0.4) is 0 Å². The molecule has 2 heterocycles. The van der Waals surface area contributed by atoms with Crippen molar-refractivity contribution in [2.45, 2.75) is 38.5 Å². The largest absolute Gasteiger partial charge is 0.493 e. The van der Waals surface area contributed by atoms with Crippen molar-refractivity contribution in [1.29, 1.82) is 0 Å². The van der Waals surface area contributed by atoms with E-state index >= 15 is 0 Å². The molecule has 1 aliphatic heterocycles. The Morgan fingerprint density at radius 2 is 1.78 bits per heavy atom. The van der Waals surface area contributed by atoms with Crippen LogP contribution in [0.2, 0.25) is 10.0 Å². The molecule has 36 heavy (non-hydrogen) atoms. The van der Waals surface area contributed by atoms with Crippen molar-refractivity contribution in [2.75, 3.05) is 40.5 Å². The third-order valence-corrected chi connectivity index (χ3v) is 7.48. The van der Waals surface area contributed by atoms with Crippen molar-refractivity contribution in [1.82, 2.24) is 14.5 Å². The van der Waals surface area contributed by atoms with Gasteiger partial charge in [-0.05, 0) is 49.6 Å². The Kier molecular flexibility index (Phi) is 9.01. The average molecular weight is 534 g/mol. The summed E-state index contributed by atoms with van der Waals surface area (Å²) in [7, 11) is 3.43. The van der Waals surface area contributed by atoms with Crippen molar-refractivity contribution >= 4 is 23.2 Å². The molecule has 194 valence electrons. The Labute approximate surface area is 222 Å². The van der Waals surface area contributed by atoms with E-state index in [9.17, 15) is 0 Å². The monoisotopic (exact) mass is 533 g/mol. The lowest BCUT2D eigenvalue weighted by Crippen LogP contribution is -2.48. The van der Waals surface area contributed by atoms with Gasteiger partial charge in [-0.15, -0.1) is 0 Å². The molecule has 0 amide bonds. The fraction of sp³-hybridized carbons (Fsp3) is 0.444. The van der Waals surface area contributed by atoms with Crippen LogP contribution in [0.25, 0.3) is 0 Å². The lowest BCUT2D eigenvalue weighted by atomic mass is 9.91. The standard InChI is InChI=1S/C27H33Cl2N3O4/c1-20-30-10-13-32(20)14-15-35-25-7-4-21(16-26(25)33-2)18-31-11-8-27(34-3,9-12-31)19-36-22-5-6-23(28)24(29)17-22/h4-7,10,13,16-17H,8-9,11-12,14-15,18-19H2,1-3H3. The summed E-state index contributed by atoms with van der Waals surface area (Å²) in [5.74, 6) is 3.15. The molecule has 4 rings (SSSR count). The van der Waals surface area contributed by atoms with Crippen LogP contribution in [-0.4, -0.2) is 60.6 Å². The van der Waals surface area contributed by atoms with Gasteiger partial charge in [0.25, 0.3) is 0 Å². The molecule has 0 N–H and O–H groups in total. The summed E-state index contributed by atoms with van der Waals surface area (Å²) >= 11 is 12.1. The van der Waals surface area contributed by atoms with Crippen LogP contribution in [0.1, 0.15) is 24.2 Å². The molecule has 0 saturated carbocycles. The second-order valence-corrected chi connectivity index (χ2v) is 9.84. The lowest BCUT2D eigenvalue weighted by molar-refractivity contribution is -0.0839. The molecular formula is C27H33Cl2N3O4. The minimum Gasteiger partial charge on any atom is -0.493 e. The molecule has 0 unspecified atom stereocenters. The Morgan fingerprint density at radius 1 is 0.972 bits per heavy atom. The predicted molar refractivity (Wildman–Crippen MR) is 142 cm³/mol. The van der Waals surface area contributed by atoms with E-state index in [1.54, 1.807) is 32.5 Å². The van der Waals surface area contributed by atoms with Gasteiger partial charge in [-0.3, -0.25) is 4.90 Å². The van der Waals surface area contributed by atoms with Gasteiger partial charge in [0.1, 0.15) is 30.4 Å². The summed E-state index contributed by atoms with van der Waals surface area (Å²) in [5, 5.41) is 0.996. The number of imidazole rings is 1. The minimum absolute atomic E-state index is 0.328. The number of benzene rings is 2. The third-order valence-electron chi connectivity index (χ3n) is 6.74. The highest BCUT2D eigenvalue weighted by atomic mass is 35.5. The van der Waals surface area contributed by atoms with Crippen molar-refractivity contribution in [3.05, 3.63) is 70.2 Å². The number of hydrogen-bond donors (Lipinski definition) is 0. The smallest absolute Gasteiger partial charge is 0.161 e. The Balaban J connectivity index is 1.28. The fourth-order valence-electron chi connectivity index (χ4n) is 4.39. The maximum absolute atomic E-state index is 6.11. The maximum Gasteiger partial charge on any atom is 0.161 e. The first-order valence-electron chi connectivity index (χ1n) is 12.0. The molecule has 3 aromatic rings. The van der Waals surface area contributed by atoms with Gasteiger partial charge in [0.15, 0.2) is 11.5 Å². The number of nitrogens with zero attached hydrogens (tertiary/aromatic N) is 3. The minimum atomic E-state index is -0.328. The molecule has 0 aliphatic carbocycles. The van der Waals surface area contributed by atoms with E-state index in [0.717, 1.165) is 56.3 Å². The number of aromatic nitrogens is 2. The van der Waals surface area contributed by atoms with Crippen LogP contribution >= 0.6 is 23.2 Å². The Hall–Kier alpha value is -2.45. The highest BCUT2D eigenvalue weighted by Crippen LogP contribution is 2.32. The van der Waals surface area contributed by atoms with Gasteiger partial charge >= 0.3 is 0 Å². The zero-order valence-electron chi connectivity index (χ0n) is 21.0. The number of hydrogen-bond acceptors (Lipinski definition) is 6.